The summed E-state index contributed by atoms with van der Waals surface area (Å²) in [6, 6.07) is 39.8. The number of ketones is 2. The number of aliphatic imine (C=N–C) groups is 2. The Morgan fingerprint density at radius 3 is 1.49 bits per heavy atom. The molecule has 10 rings (SSSR count). The molecule has 4 heterocycles. The topological polar surface area (TPSA) is 236 Å². The quantitative estimate of drug-likeness (QED) is 0.0405. The van der Waals surface area contributed by atoms with Crippen molar-refractivity contribution in [2.24, 2.45) is 15.7 Å². The van der Waals surface area contributed by atoms with E-state index in [-0.39, 0.29) is 64.8 Å². The number of nitrogens with two attached hydrogens (primary N) is 1. The monoisotopic (exact) mass is 1840 g/mol. The van der Waals surface area contributed by atoms with Crippen molar-refractivity contribution >= 4 is 172 Å². The third-order valence-corrected chi connectivity index (χ3v) is 14.6. The predicted octanol–water partition coefficient (Wildman–Crippen LogP) is 12.0. The molecular weight excluding hydrogens is 1770 g/mol. The molecule has 16 nitrogen and oxygen atoms in total. The zero-order chi connectivity index (χ0) is 62.1. The van der Waals surface area contributed by atoms with Gasteiger partial charge in [-0.15, -0.1) is 24.0 Å². The number of Topliss-reactive ketones (excluding diaryl/α,β-unsaturated/α-hetero) is 2. The van der Waals surface area contributed by atoms with Crippen LogP contribution < -0.4 is 24.3 Å². The van der Waals surface area contributed by atoms with E-state index in [0.29, 0.717) is 97.5 Å². The van der Waals surface area contributed by atoms with Crippen LogP contribution >= 0.6 is 98.4 Å². The number of carboxylic acid groups (broad SMARTS) is 1. The number of benzene rings is 6. The Bertz CT molecular complexity index is 3680. The first-order valence-corrected chi connectivity index (χ1v) is 46.0. The van der Waals surface area contributed by atoms with E-state index >= 15 is 0 Å². The number of halogens is 6. The van der Waals surface area contributed by atoms with Gasteiger partial charge in [0.15, 0.2) is 17.4 Å². The number of likely N-dealkylation sites (tertiary alicyclic amines) is 2. The number of hydrogen-bond acceptors (Lipinski definition) is 12. The molecule has 0 atom stereocenters. The van der Waals surface area contributed by atoms with Crippen molar-refractivity contribution in [1.29, 1.82) is 0 Å². The summed E-state index contributed by atoms with van der Waals surface area (Å²) in [6.07, 6.45) is 4.26. The number of aryl methyl sites for hydroxylation is 2. The molecule has 0 bridgehead atoms. The second kappa shape index (κ2) is 35.1. The van der Waals surface area contributed by atoms with Crippen molar-refractivity contribution in [3.63, 3.8) is 0 Å². The number of hydrogen-bond donors (Lipinski definition) is 6. The zero-order valence-electron chi connectivity index (χ0n) is 48.5. The average Bonchev–Trinajstić information content (AvgIpc) is 1.71. The van der Waals surface area contributed by atoms with Crippen LogP contribution in [0.4, 0.5) is 11.4 Å². The molecule has 0 saturated carbocycles. The number of carbonyl (C=O) groups excluding carboxylic acids is 4. The first-order chi connectivity index (χ1) is 40.7. The maximum atomic E-state index is 12.8. The molecule has 2 aliphatic rings. The number of aromatic amines is 1. The van der Waals surface area contributed by atoms with Crippen molar-refractivity contribution in [3.05, 3.63) is 189 Å². The van der Waals surface area contributed by atoms with E-state index < -0.39 is 11.9 Å². The van der Waals surface area contributed by atoms with E-state index in [1.807, 2.05) is 85.8 Å². The molecule has 0 radical (unpaired) electrons. The van der Waals surface area contributed by atoms with Gasteiger partial charge in [0.05, 0.1) is 45.0 Å². The minimum atomic E-state index is -1.04. The van der Waals surface area contributed by atoms with Crippen molar-refractivity contribution in [2.75, 3.05) is 40.3 Å². The fraction of sp³-hybridized carbons (Fsp3) is 0.266. The van der Waals surface area contributed by atoms with E-state index in [0.717, 1.165) is 42.4 Å². The molecule has 2 saturated heterocycles. The average molecular weight is 1840 g/mol. The molecule has 0 spiro atoms. The van der Waals surface area contributed by atoms with Crippen LogP contribution in [0.1, 0.15) is 126 Å². The number of aromatic hydroxyl groups is 2. The summed E-state index contributed by atoms with van der Waals surface area (Å²) in [4.78, 5) is 78.0. The normalized spacial score (nSPS) is 14.0. The fourth-order valence-electron chi connectivity index (χ4n) is 10.1. The number of amides is 1. The van der Waals surface area contributed by atoms with Gasteiger partial charge < -0.3 is 41.2 Å². The molecule has 456 valence electrons. The predicted molar refractivity (Wildman–Crippen MR) is 387 cm³/mol. The summed E-state index contributed by atoms with van der Waals surface area (Å²) in [7, 11) is 4.24. The van der Waals surface area contributed by atoms with E-state index in [9.17, 15) is 39.3 Å². The first kappa shape index (κ1) is 72.3. The molecule has 2 fully saturated rings. The Morgan fingerprint density at radius 1 is 0.616 bits per heavy atom. The van der Waals surface area contributed by atoms with Crippen LogP contribution in [0, 0.1) is 13.8 Å². The Morgan fingerprint density at radius 2 is 1.05 bits per heavy atom. The number of nitrogens with one attached hydrogen (secondary N) is 2. The summed E-state index contributed by atoms with van der Waals surface area (Å²) < 4.78 is 1.17. The molecule has 6 aromatic carbocycles. The molecule has 8 aromatic rings. The van der Waals surface area contributed by atoms with Crippen LogP contribution in [0.15, 0.2) is 143 Å². The van der Waals surface area contributed by atoms with E-state index in [2.05, 4.69) is 109 Å². The number of fused-ring (bicyclic) bond motifs is 2. The SMILES string of the molecule is CC(=O)c1cc2[nH]c(O)c(C(=Nc3ccc(C(=O)NC4CCN(C)CC4)cc3)c3ccccc3)c2cc1C.CC(=O)c1cc2c(cc1C)c(C(=Nc1ccc(C(=O)O)cc1)c1ccccc1)c(O)n2C(C)=O.CN1CCC(N)CC1.I.II.I[I-]I. The van der Waals surface area contributed by atoms with Crippen LogP contribution in [0.3, 0.4) is 0 Å². The molecule has 86 heavy (non-hydrogen) atoms. The molecule has 22 heteroatoms. The van der Waals surface area contributed by atoms with E-state index in [1.165, 1.54) is 63.4 Å². The van der Waals surface area contributed by atoms with Crippen molar-refractivity contribution in [1.82, 2.24) is 24.7 Å². The Balaban J connectivity index is 0.000000259. The second-order valence-corrected chi connectivity index (χ2v) is 37.0. The fourth-order valence-corrected chi connectivity index (χ4v) is 10.1. The summed E-state index contributed by atoms with van der Waals surface area (Å²) >= 11 is 9.54. The molecule has 2 aromatic heterocycles. The second-order valence-electron chi connectivity index (χ2n) is 20.7. The van der Waals surface area contributed by atoms with Gasteiger partial charge in [0, 0.05) is 100 Å². The Hall–Kier alpha value is -4.45. The first-order valence-electron chi connectivity index (χ1n) is 27.1. The van der Waals surface area contributed by atoms with Crippen molar-refractivity contribution in [3.8, 4) is 11.8 Å². The van der Waals surface area contributed by atoms with Crippen LogP contribution in [-0.2, 0) is 0 Å². The number of carboxylic acids is 1. The number of carbonyl (C=O) groups is 5. The number of H-pyrrole nitrogens is 1. The van der Waals surface area contributed by atoms with Crippen LogP contribution in [-0.4, -0.2) is 128 Å². The van der Waals surface area contributed by atoms with Gasteiger partial charge in [0.1, 0.15) is 0 Å². The third-order valence-electron chi connectivity index (χ3n) is 14.6. The van der Waals surface area contributed by atoms with Crippen LogP contribution in [0.5, 0.6) is 11.8 Å². The van der Waals surface area contributed by atoms with Crippen molar-refractivity contribution in [2.45, 2.75) is 72.4 Å². The summed E-state index contributed by atoms with van der Waals surface area (Å²) in [6.45, 7) is 12.3. The van der Waals surface area contributed by atoms with Gasteiger partial charge in [0.25, 0.3) is 5.91 Å². The number of aromatic nitrogens is 2. The van der Waals surface area contributed by atoms with Gasteiger partial charge in [-0.05, 0) is 178 Å². The molecule has 2 aliphatic heterocycles. The number of aromatic carboxylic acids is 1. The molecule has 0 unspecified atom stereocenters. The maximum absolute atomic E-state index is 12.8. The van der Waals surface area contributed by atoms with E-state index in [1.54, 1.807) is 49.4 Å². The third kappa shape index (κ3) is 19.3. The van der Waals surface area contributed by atoms with Gasteiger partial charge in [-0.1, -0.05) is 60.7 Å². The van der Waals surface area contributed by atoms with Gasteiger partial charge in [-0.25, -0.2) is 14.8 Å². The Kier molecular flexibility index (Phi) is 29.5. The summed E-state index contributed by atoms with van der Waals surface area (Å²) in [5, 5.41) is 35.9. The zero-order valence-corrected chi connectivity index (χ0v) is 61.6. The summed E-state index contributed by atoms with van der Waals surface area (Å²) in [5.41, 5.74) is 14.6. The number of piperidine rings is 2. The molecule has 1 amide bonds. The minimum absolute atomic E-state index is 0. The van der Waals surface area contributed by atoms with Crippen LogP contribution in [0.25, 0.3) is 21.8 Å². The molecule has 7 N–H and O–H groups in total. The number of rotatable bonds is 11. The van der Waals surface area contributed by atoms with Gasteiger partial charge in [0.2, 0.25) is 11.8 Å². The van der Waals surface area contributed by atoms with Crippen LogP contribution in [0.2, 0.25) is 0 Å². The summed E-state index contributed by atoms with van der Waals surface area (Å²) in [5.74, 6) is -2.01. The molecular formula is C64H69I6N8O8-. The van der Waals surface area contributed by atoms with Crippen molar-refractivity contribution < 1.29 is 52.5 Å². The van der Waals surface area contributed by atoms with Gasteiger partial charge in [-0.3, -0.25) is 23.7 Å². The molecule has 0 aliphatic carbocycles. The van der Waals surface area contributed by atoms with Gasteiger partial charge >= 0.3 is 56.5 Å². The van der Waals surface area contributed by atoms with E-state index in [4.69, 9.17) is 15.7 Å². The Labute approximate surface area is 572 Å². The number of nitrogens with zero attached hydrogens (tertiary/aromatic N) is 5. The van der Waals surface area contributed by atoms with Gasteiger partial charge in [-0.2, -0.15) is 0 Å². The standard InChI is InChI=1S/C31H32N4O3.C27H22N2O5.C6H14N2.I3.I2.HI/c1-19-17-26-27(18-25(19)20(2)36)34-31(38)28(26)29(21-7-5-4-6-8-21)32-23-11-9-22(10-12-23)30(37)33-24-13-15-35(3)16-14-24;1-15-13-22-23(14-21(15)16(2)30)29(17(3)31)26(32)24(22)25(18-7-5-4-6-8-18)28-20-11-9-19(10-12-20)27(33)34;1-8-4-2-6(7)3-5-8;1-3-2;1-2;/h4-12,17-18,24,34,38H,13-16H2,1-3H3,(H,33,37);4-14,32H,1-3H3,(H,33,34);6H,2-5,7H2,1H3;;;1H/q;;;-1;;.